The number of non-ortho nitro benzene ring substituents is 1. The number of hydrogen-bond donors (Lipinski definition) is 3. The van der Waals surface area contributed by atoms with E-state index in [0.717, 1.165) is 0 Å². The minimum absolute atomic E-state index is 0.00319. The molecule has 0 saturated heterocycles. The van der Waals surface area contributed by atoms with Crippen molar-refractivity contribution in [3.63, 3.8) is 0 Å². The van der Waals surface area contributed by atoms with E-state index >= 15 is 0 Å². The van der Waals surface area contributed by atoms with Crippen molar-refractivity contribution in [2.45, 2.75) is 12.8 Å². The lowest BCUT2D eigenvalue weighted by atomic mass is 10.1. The zero-order chi connectivity index (χ0) is 15.1. The Labute approximate surface area is 113 Å². The number of carbonyl (C=O) groups excluding carboxylic acids is 1. The van der Waals surface area contributed by atoms with E-state index in [9.17, 15) is 19.7 Å². The van der Waals surface area contributed by atoms with Crippen molar-refractivity contribution in [2.24, 2.45) is 10.8 Å². The van der Waals surface area contributed by atoms with Crippen LogP contribution < -0.4 is 11.2 Å². The van der Waals surface area contributed by atoms with Gasteiger partial charge in [0.15, 0.2) is 0 Å². The number of rotatable bonds is 6. The van der Waals surface area contributed by atoms with Crippen LogP contribution in [0.15, 0.2) is 29.4 Å². The Morgan fingerprint density at radius 3 is 2.65 bits per heavy atom. The van der Waals surface area contributed by atoms with Gasteiger partial charge in [0.2, 0.25) is 0 Å². The fourth-order valence-corrected chi connectivity index (χ4v) is 1.41. The summed E-state index contributed by atoms with van der Waals surface area (Å²) in [6, 6.07) is 4.58. The summed E-state index contributed by atoms with van der Waals surface area (Å²) in [6.07, 6.45) is -0.237. The highest BCUT2D eigenvalue weighted by atomic mass is 16.6. The van der Waals surface area contributed by atoms with Gasteiger partial charge in [0.05, 0.1) is 17.1 Å². The summed E-state index contributed by atoms with van der Waals surface area (Å²) < 4.78 is 0. The van der Waals surface area contributed by atoms with Gasteiger partial charge in [-0.25, -0.2) is 10.2 Å². The molecule has 0 fully saturated rings. The first-order valence-corrected chi connectivity index (χ1v) is 5.48. The summed E-state index contributed by atoms with van der Waals surface area (Å²) in [6.45, 7) is 0. The van der Waals surface area contributed by atoms with E-state index in [1.165, 1.54) is 24.3 Å². The molecule has 0 bridgehead atoms. The molecule has 0 aliphatic rings. The minimum Gasteiger partial charge on any atom is -0.481 e. The van der Waals surface area contributed by atoms with Gasteiger partial charge in [-0.3, -0.25) is 14.9 Å². The fraction of sp³-hybridized carbons (Fsp3) is 0.182. The lowest BCUT2D eigenvalue weighted by Gasteiger charge is -2.05. The van der Waals surface area contributed by atoms with Gasteiger partial charge in [0.25, 0.3) is 5.69 Å². The predicted molar refractivity (Wildman–Crippen MR) is 69.2 cm³/mol. The first kappa shape index (κ1) is 15.1. The van der Waals surface area contributed by atoms with Gasteiger partial charge in [0, 0.05) is 24.1 Å². The highest BCUT2D eigenvalue weighted by molar-refractivity contribution is 6.02. The molecule has 4 N–H and O–H groups in total. The number of nitro benzene ring substituents is 1. The van der Waals surface area contributed by atoms with Crippen LogP contribution in [0.1, 0.15) is 18.4 Å². The molecule has 0 spiro atoms. The second-order valence-electron chi connectivity index (χ2n) is 3.74. The number of amides is 2. The van der Waals surface area contributed by atoms with Gasteiger partial charge in [-0.15, -0.1) is 0 Å². The highest BCUT2D eigenvalue weighted by Crippen LogP contribution is 2.15. The van der Waals surface area contributed by atoms with Gasteiger partial charge in [0.1, 0.15) is 0 Å². The molecule has 0 radical (unpaired) electrons. The van der Waals surface area contributed by atoms with Crippen molar-refractivity contribution in [1.82, 2.24) is 5.43 Å². The molecular formula is C11H12N4O5. The van der Waals surface area contributed by atoms with Crippen LogP contribution in [0, 0.1) is 10.1 Å². The molecule has 9 heteroatoms. The first-order valence-electron chi connectivity index (χ1n) is 5.48. The van der Waals surface area contributed by atoms with Gasteiger partial charge in [-0.05, 0) is 0 Å². The first-order chi connectivity index (χ1) is 9.40. The summed E-state index contributed by atoms with van der Waals surface area (Å²) in [4.78, 5) is 31.3. The molecule has 1 aromatic carbocycles. The predicted octanol–water partition coefficient (Wildman–Crippen LogP) is 0.832. The average molecular weight is 280 g/mol. The molecule has 106 valence electrons. The number of primary amides is 1. The lowest BCUT2D eigenvalue weighted by Crippen LogP contribution is -2.26. The number of carbonyl (C=O) groups is 2. The summed E-state index contributed by atoms with van der Waals surface area (Å²) in [5.74, 6) is -1.05. The smallest absolute Gasteiger partial charge is 0.332 e. The molecule has 1 rings (SSSR count). The molecular weight excluding hydrogens is 268 g/mol. The molecule has 0 atom stereocenters. The van der Waals surface area contributed by atoms with Crippen molar-refractivity contribution >= 4 is 23.4 Å². The van der Waals surface area contributed by atoms with Crippen molar-refractivity contribution in [3.8, 4) is 0 Å². The maximum Gasteiger partial charge on any atom is 0.332 e. The molecule has 0 saturated carbocycles. The summed E-state index contributed by atoms with van der Waals surface area (Å²) >= 11 is 0. The standard InChI is InChI=1S/C11H12N4O5/c12-11(18)14-13-9(4-5-10(16)17)7-2-1-3-8(6-7)15(19)20/h1-3,6H,4-5H2,(H,16,17)(H3,12,14,18)/b13-9+. The number of benzene rings is 1. The number of nitro groups is 1. The Morgan fingerprint density at radius 1 is 1.40 bits per heavy atom. The van der Waals surface area contributed by atoms with Crippen LogP contribution in [0.3, 0.4) is 0 Å². The number of urea groups is 1. The Balaban J connectivity index is 3.05. The van der Waals surface area contributed by atoms with Crippen LogP contribution >= 0.6 is 0 Å². The third kappa shape index (κ3) is 4.72. The highest BCUT2D eigenvalue weighted by Gasteiger charge is 2.12. The van der Waals surface area contributed by atoms with E-state index in [4.69, 9.17) is 10.8 Å². The maximum atomic E-state index is 10.7. The molecule has 9 nitrogen and oxygen atoms in total. The SMILES string of the molecule is NC(=O)N/N=C(\CCC(=O)O)c1cccc([N+](=O)[O-])c1. The molecule has 20 heavy (non-hydrogen) atoms. The van der Waals surface area contributed by atoms with Crippen LogP contribution in [0.25, 0.3) is 0 Å². The maximum absolute atomic E-state index is 10.7. The second-order valence-corrected chi connectivity index (χ2v) is 3.74. The monoisotopic (exact) mass is 280 g/mol. The van der Waals surface area contributed by atoms with E-state index in [1.807, 2.05) is 5.43 Å². The van der Waals surface area contributed by atoms with E-state index in [1.54, 1.807) is 0 Å². The number of nitrogens with one attached hydrogen (secondary N) is 1. The topological polar surface area (TPSA) is 148 Å². The van der Waals surface area contributed by atoms with Crippen molar-refractivity contribution in [1.29, 1.82) is 0 Å². The number of carboxylic acids is 1. The minimum atomic E-state index is -1.05. The number of nitrogens with zero attached hydrogens (tertiary/aromatic N) is 2. The van der Waals surface area contributed by atoms with Gasteiger partial charge >= 0.3 is 12.0 Å². The number of nitrogens with two attached hydrogens (primary N) is 1. The second kappa shape index (κ2) is 6.83. The van der Waals surface area contributed by atoms with E-state index < -0.39 is 16.9 Å². The molecule has 1 aromatic rings. The van der Waals surface area contributed by atoms with E-state index in [0.29, 0.717) is 5.56 Å². The zero-order valence-electron chi connectivity index (χ0n) is 10.3. The average Bonchev–Trinajstić information content (AvgIpc) is 2.38. The molecule has 0 unspecified atom stereocenters. The van der Waals surface area contributed by atoms with Crippen LogP contribution in [0.2, 0.25) is 0 Å². The largest absolute Gasteiger partial charge is 0.481 e. The van der Waals surface area contributed by atoms with Crippen molar-refractivity contribution in [2.75, 3.05) is 0 Å². The van der Waals surface area contributed by atoms with E-state index in [2.05, 4.69) is 5.10 Å². The zero-order valence-corrected chi connectivity index (χ0v) is 10.3. The third-order valence-electron chi connectivity index (χ3n) is 2.27. The molecule has 0 aliphatic carbocycles. The number of hydrazone groups is 1. The van der Waals surface area contributed by atoms with Crippen LogP contribution in [0.5, 0.6) is 0 Å². The van der Waals surface area contributed by atoms with Crippen molar-refractivity contribution < 1.29 is 19.6 Å². The van der Waals surface area contributed by atoms with Crippen LogP contribution in [-0.4, -0.2) is 27.7 Å². The van der Waals surface area contributed by atoms with Gasteiger partial charge < -0.3 is 10.8 Å². The number of aliphatic carboxylic acids is 1. The summed E-state index contributed by atoms with van der Waals surface area (Å²) in [5, 5.41) is 23.0. The fourth-order valence-electron chi connectivity index (χ4n) is 1.41. The molecule has 0 aromatic heterocycles. The normalized spacial score (nSPS) is 10.9. The van der Waals surface area contributed by atoms with Crippen LogP contribution in [0.4, 0.5) is 10.5 Å². The number of carboxylic acid groups (broad SMARTS) is 1. The van der Waals surface area contributed by atoms with Gasteiger partial charge in [-0.1, -0.05) is 12.1 Å². The number of hydrogen-bond acceptors (Lipinski definition) is 5. The van der Waals surface area contributed by atoms with Crippen LogP contribution in [-0.2, 0) is 4.79 Å². The Hall–Kier alpha value is -2.97. The third-order valence-corrected chi connectivity index (χ3v) is 2.27. The lowest BCUT2D eigenvalue weighted by molar-refractivity contribution is -0.384. The van der Waals surface area contributed by atoms with Crippen molar-refractivity contribution in [3.05, 3.63) is 39.9 Å². The Bertz CT molecular complexity index is 570. The molecule has 2 amide bonds. The molecule has 0 aliphatic heterocycles. The molecule has 0 heterocycles. The summed E-state index contributed by atoms with van der Waals surface area (Å²) in [7, 11) is 0. The van der Waals surface area contributed by atoms with Gasteiger partial charge in [-0.2, -0.15) is 5.10 Å². The summed E-state index contributed by atoms with van der Waals surface area (Å²) in [5.41, 5.74) is 7.22. The quantitative estimate of drug-likeness (QED) is 0.401. The Morgan fingerprint density at radius 2 is 2.10 bits per heavy atom. The Kier molecular flexibility index (Phi) is 5.15. The van der Waals surface area contributed by atoms with E-state index in [-0.39, 0.29) is 24.2 Å².